The van der Waals surface area contributed by atoms with E-state index in [9.17, 15) is 0 Å². The van der Waals surface area contributed by atoms with Crippen molar-refractivity contribution in [1.29, 1.82) is 0 Å². The van der Waals surface area contributed by atoms with Crippen LogP contribution in [0.3, 0.4) is 0 Å². The second-order valence-corrected chi connectivity index (χ2v) is 4.75. The second kappa shape index (κ2) is 5.41. The maximum Gasteiger partial charge on any atom is 0.0952 e. The standard InChI is InChI=1S/C13H18N2S/c14-12(10-11-6-2-1-3-7-11)13(16)15-8-4-5-9-15/h1-3,6-7,12H,4-5,8-10,14H2/t12-/m0/s1. The molecule has 1 saturated heterocycles. The Morgan fingerprint density at radius 1 is 1.25 bits per heavy atom. The summed E-state index contributed by atoms with van der Waals surface area (Å²) in [4.78, 5) is 3.18. The van der Waals surface area contributed by atoms with Gasteiger partial charge in [-0.3, -0.25) is 0 Å². The van der Waals surface area contributed by atoms with Crippen LogP contribution >= 0.6 is 12.2 Å². The lowest BCUT2D eigenvalue weighted by Gasteiger charge is -2.23. The summed E-state index contributed by atoms with van der Waals surface area (Å²) in [6.07, 6.45) is 3.34. The largest absolute Gasteiger partial charge is 0.365 e. The molecule has 1 atom stereocenters. The van der Waals surface area contributed by atoms with Gasteiger partial charge >= 0.3 is 0 Å². The molecule has 3 heteroatoms. The van der Waals surface area contributed by atoms with E-state index in [0.29, 0.717) is 0 Å². The number of likely N-dealkylation sites (tertiary alicyclic amines) is 1. The molecule has 2 rings (SSSR count). The fourth-order valence-corrected chi connectivity index (χ4v) is 2.39. The highest BCUT2D eigenvalue weighted by Crippen LogP contribution is 2.12. The van der Waals surface area contributed by atoms with E-state index in [1.165, 1.54) is 18.4 Å². The summed E-state index contributed by atoms with van der Waals surface area (Å²) in [5.41, 5.74) is 7.41. The average Bonchev–Trinajstić information content (AvgIpc) is 2.83. The quantitative estimate of drug-likeness (QED) is 0.811. The predicted octanol–water partition coefficient (Wildman–Crippen LogP) is 1.98. The van der Waals surface area contributed by atoms with Crippen molar-refractivity contribution in [1.82, 2.24) is 4.90 Å². The number of thiocarbonyl (C=S) groups is 1. The first-order valence-corrected chi connectivity index (χ1v) is 6.26. The highest BCUT2D eigenvalue weighted by molar-refractivity contribution is 7.80. The van der Waals surface area contributed by atoms with Gasteiger partial charge in [-0.05, 0) is 24.8 Å². The fraction of sp³-hybridized carbons (Fsp3) is 0.462. The highest BCUT2D eigenvalue weighted by Gasteiger charge is 2.19. The number of nitrogens with two attached hydrogens (primary N) is 1. The van der Waals surface area contributed by atoms with Crippen molar-refractivity contribution in [3.8, 4) is 0 Å². The number of nitrogens with zero attached hydrogens (tertiary/aromatic N) is 1. The first-order chi connectivity index (χ1) is 7.77. The SMILES string of the molecule is N[C@@H](Cc1ccccc1)C(=S)N1CCCC1. The molecule has 2 N–H and O–H groups in total. The van der Waals surface area contributed by atoms with Gasteiger partial charge in [0.15, 0.2) is 0 Å². The maximum atomic E-state index is 6.15. The molecule has 0 radical (unpaired) electrons. The molecule has 0 amide bonds. The van der Waals surface area contributed by atoms with Crippen LogP contribution in [0.1, 0.15) is 18.4 Å². The lowest BCUT2D eigenvalue weighted by molar-refractivity contribution is 0.506. The van der Waals surface area contributed by atoms with E-state index in [-0.39, 0.29) is 6.04 Å². The lowest BCUT2D eigenvalue weighted by atomic mass is 10.1. The summed E-state index contributed by atoms with van der Waals surface area (Å²) in [6, 6.07) is 10.3. The third kappa shape index (κ3) is 2.80. The van der Waals surface area contributed by atoms with E-state index in [1.807, 2.05) is 18.2 Å². The van der Waals surface area contributed by atoms with Crippen LogP contribution in [0.15, 0.2) is 30.3 Å². The van der Waals surface area contributed by atoms with Crippen molar-refractivity contribution < 1.29 is 0 Å². The van der Waals surface area contributed by atoms with E-state index >= 15 is 0 Å². The van der Waals surface area contributed by atoms with Crippen LogP contribution in [0.2, 0.25) is 0 Å². The van der Waals surface area contributed by atoms with Gasteiger partial charge in [0.2, 0.25) is 0 Å². The van der Waals surface area contributed by atoms with Gasteiger partial charge in [-0.1, -0.05) is 42.5 Å². The Labute approximate surface area is 102 Å². The molecule has 16 heavy (non-hydrogen) atoms. The van der Waals surface area contributed by atoms with Crippen LogP contribution in [0, 0.1) is 0 Å². The van der Waals surface area contributed by atoms with E-state index in [4.69, 9.17) is 18.0 Å². The van der Waals surface area contributed by atoms with Crippen LogP contribution in [-0.4, -0.2) is 29.0 Å². The molecular formula is C13H18N2S. The molecule has 1 aliphatic rings. The predicted molar refractivity (Wildman–Crippen MR) is 71.5 cm³/mol. The van der Waals surface area contributed by atoms with Gasteiger partial charge in [0.1, 0.15) is 0 Å². The minimum Gasteiger partial charge on any atom is -0.365 e. The van der Waals surface area contributed by atoms with Crippen LogP contribution in [0.4, 0.5) is 0 Å². The Bertz CT molecular complexity index is 344. The van der Waals surface area contributed by atoms with Crippen molar-refractivity contribution in [2.75, 3.05) is 13.1 Å². The summed E-state index contributed by atoms with van der Waals surface area (Å²) >= 11 is 5.44. The van der Waals surface area contributed by atoms with Crippen molar-refractivity contribution in [3.63, 3.8) is 0 Å². The molecule has 0 bridgehead atoms. The second-order valence-electron chi connectivity index (χ2n) is 4.33. The molecular weight excluding hydrogens is 216 g/mol. The minimum absolute atomic E-state index is 0.0181. The molecule has 1 heterocycles. The van der Waals surface area contributed by atoms with Crippen molar-refractivity contribution in [3.05, 3.63) is 35.9 Å². The van der Waals surface area contributed by atoms with Gasteiger partial charge in [0.25, 0.3) is 0 Å². The Morgan fingerprint density at radius 2 is 1.88 bits per heavy atom. The van der Waals surface area contributed by atoms with Crippen LogP contribution < -0.4 is 5.73 Å². The number of rotatable bonds is 3. The zero-order valence-electron chi connectivity index (χ0n) is 9.43. The van der Waals surface area contributed by atoms with Gasteiger partial charge in [-0.2, -0.15) is 0 Å². The summed E-state index contributed by atoms with van der Waals surface area (Å²) in [5.74, 6) is 0. The van der Waals surface area contributed by atoms with Crippen molar-refractivity contribution >= 4 is 17.2 Å². The molecule has 0 unspecified atom stereocenters. The summed E-state index contributed by atoms with van der Waals surface area (Å²) in [7, 11) is 0. The van der Waals surface area contributed by atoms with Crippen LogP contribution in [0.25, 0.3) is 0 Å². The van der Waals surface area contributed by atoms with E-state index < -0.39 is 0 Å². The van der Waals surface area contributed by atoms with Gasteiger partial charge in [0.05, 0.1) is 11.0 Å². The monoisotopic (exact) mass is 234 g/mol. The van der Waals surface area contributed by atoms with Gasteiger partial charge in [-0.25, -0.2) is 0 Å². The molecule has 0 aromatic heterocycles. The topological polar surface area (TPSA) is 29.3 Å². The Kier molecular flexibility index (Phi) is 3.91. The Hall–Kier alpha value is -0.930. The third-order valence-electron chi connectivity index (χ3n) is 3.03. The molecule has 2 nitrogen and oxygen atoms in total. The molecule has 1 aromatic carbocycles. The highest BCUT2D eigenvalue weighted by atomic mass is 32.1. The van der Waals surface area contributed by atoms with E-state index in [0.717, 1.165) is 24.5 Å². The first kappa shape index (κ1) is 11.6. The third-order valence-corrected chi connectivity index (χ3v) is 3.59. The van der Waals surface area contributed by atoms with E-state index in [1.54, 1.807) is 0 Å². The van der Waals surface area contributed by atoms with E-state index in [2.05, 4.69) is 17.0 Å². The average molecular weight is 234 g/mol. The zero-order valence-corrected chi connectivity index (χ0v) is 10.2. The normalized spacial score (nSPS) is 17.4. The Balaban J connectivity index is 1.92. The van der Waals surface area contributed by atoms with Crippen molar-refractivity contribution in [2.24, 2.45) is 5.73 Å². The summed E-state index contributed by atoms with van der Waals surface area (Å²) < 4.78 is 0. The van der Waals surface area contributed by atoms with Gasteiger partial charge in [-0.15, -0.1) is 0 Å². The molecule has 1 aliphatic heterocycles. The van der Waals surface area contributed by atoms with Crippen LogP contribution in [-0.2, 0) is 6.42 Å². The molecule has 0 spiro atoms. The Morgan fingerprint density at radius 3 is 2.50 bits per heavy atom. The smallest absolute Gasteiger partial charge is 0.0952 e. The van der Waals surface area contributed by atoms with Crippen LogP contribution in [0.5, 0.6) is 0 Å². The number of benzene rings is 1. The van der Waals surface area contributed by atoms with Gasteiger partial charge in [0, 0.05) is 13.1 Å². The summed E-state index contributed by atoms with van der Waals surface area (Å²) in [5, 5.41) is 0. The van der Waals surface area contributed by atoms with Gasteiger partial charge < -0.3 is 10.6 Å². The molecule has 0 aliphatic carbocycles. The summed E-state index contributed by atoms with van der Waals surface area (Å²) in [6.45, 7) is 2.17. The molecule has 0 saturated carbocycles. The lowest BCUT2D eigenvalue weighted by Crippen LogP contribution is -2.42. The molecule has 1 fully saturated rings. The minimum atomic E-state index is -0.0181. The molecule has 1 aromatic rings. The maximum absolute atomic E-state index is 6.15. The number of hydrogen-bond acceptors (Lipinski definition) is 2. The zero-order chi connectivity index (χ0) is 11.4. The fourth-order valence-electron chi connectivity index (χ4n) is 2.13. The number of hydrogen-bond donors (Lipinski definition) is 1. The molecule has 86 valence electrons. The first-order valence-electron chi connectivity index (χ1n) is 5.85. The van der Waals surface area contributed by atoms with Crippen molar-refractivity contribution in [2.45, 2.75) is 25.3 Å².